The van der Waals surface area contributed by atoms with E-state index in [4.69, 9.17) is 4.74 Å². The van der Waals surface area contributed by atoms with Crippen molar-refractivity contribution < 1.29 is 9.53 Å². The minimum Gasteiger partial charge on any atom is -0.471 e. The fraction of sp³-hybridized carbons (Fsp3) is 0.500. The molecule has 0 bridgehead atoms. The number of imidazole rings is 1. The summed E-state index contributed by atoms with van der Waals surface area (Å²) in [6, 6.07) is 5.72. The number of hydrogen-bond acceptors (Lipinski definition) is 5. The van der Waals surface area contributed by atoms with Crippen molar-refractivity contribution in [2.24, 2.45) is 14.1 Å². The lowest BCUT2D eigenvalue weighted by molar-refractivity contribution is 0.0636. The van der Waals surface area contributed by atoms with Gasteiger partial charge >= 0.3 is 5.69 Å². The number of aromatic nitrogens is 4. The van der Waals surface area contributed by atoms with Crippen molar-refractivity contribution in [1.82, 2.24) is 23.6 Å². The van der Waals surface area contributed by atoms with Crippen LogP contribution in [0.25, 0.3) is 11.0 Å². The summed E-state index contributed by atoms with van der Waals surface area (Å²) in [5, 5.41) is 0. The van der Waals surface area contributed by atoms with E-state index in [2.05, 4.69) is 16.5 Å². The van der Waals surface area contributed by atoms with Gasteiger partial charge in [0, 0.05) is 52.1 Å². The van der Waals surface area contributed by atoms with Gasteiger partial charge in [-0.2, -0.15) is 0 Å². The molecule has 174 valence electrons. The minimum atomic E-state index is -0.559. The van der Waals surface area contributed by atoms with Gasteiger partial charge in [-0.25, -0.2) is 9.78 Å². The van der Waals surface area contributed by atoms with E-state index in [-0.39, 0.29) is 11.5 Å². The molecule has 1 atom stereocenters. The zero-order chi connectivity index (χ0) is 23.5. The summed E-state index contributed by atoms with van der Waals surface area (Å²) in [5.41, 5.74) is 1.80. The summed E-state index contributed by atoms with van der Waals surface area (Å²) in [6.07, 6.45) is 2.56. The Morgan fingerprint density at radius 1 is 1.15 bits per heavy atom. The number of likely N-dealkylation sites (tertiary alicyclic amines) is 1. The molecule has 0 radical (unpaired) electrons. The molecular formula is C24H29N5O4. The Morgan fingerprint density at radius 2 is 1.94 bits per heavy atom. The van der Waals surface area contributed by atoms with Crippen LogP contribution >= 0.6 is 0 Å². The van der Waals surface area contributed by atoms with Crippen LogP contribution in [0, 0.1) is 6.92 Å². The summed E-state index contributed by atoms with van der Waals surface area (Å²) in [6.45, 7) is 6.04. The Kier molecular flexibility index (Phi) is 4.95. The SMILES string of the molecule is CCn1c(C)nc2cc(C(=O)N3CCC[C@]4(CC3)Cc3c(n(C)c(=O)n(C)c3=O)O4)ccc21. The van der Waals surface area contributed by atoms with E-state index >= 15 is 0 Å². The number of nitrogens with zero attached hydrogens (tertiary/aromatic N) is 5. The summed E-state index contributed by atoms with van der Waals surface area (Å²) in [7, 11) is 3.12. The molecule has 0 aliphatic carbocycles. The second-order valence-corrected chi connectivity index (χ2v) is 9.20. The highest BCUT2D eigenvalue weighted by molar-refractivity contribution is 5.97. The Morgan fingerprint density at radius 3 is 2.70 bits per heavy atom. The molecule has 1 fully saturated rings. The zero-order valence-electron chi connectivity index (χ0n) is 19.6. The lowest BCUT2D eigenvalue weighted by Gasteiger charge is -2.27. The van der Waals surface area contributed by atoms with Gasteiger partial charge in [0.2, 0.25) is 5.88 Å². The Balaban J connectivity index is 1.38. The van der Waals surface area contributed by atoms with Crippen molar-refractivity contribution in [2.45, 2.75) is 51.7 Å². The van der Waals surface area contributed by atoms with E-state index in [1.807, 2.05) is 30.0 Å². The largest absolute Gasteiger partial charge is 0.471 e. The molecule has 1 saturated heterocycles. The summed E-state index contributed by atoms with van der Waals surface area (Å²) in [5.74, 6) is 1.29. The van der Waals surface area contributed by atoms with Crippen LogP contribution < -0.4 is 16.0 Å². The van der Waals surface area contributed by atoms with Crippen LogP contribution in [0.1, 0.15) is 47.9 Å². The molecule has 2 aliphatic heterocycles. The van der Waals surface area contributed by atoms with Crippen molar-refractivity contribution in [3.63, 3.8) is 0 Å². The lowest BCUT2D eigenvalue weighted by atomic mass is 9.90. The van der Waals surface area contributed by atoms with Crippen LogP contribution in [-0.2, 0) is 27.1 Å². The molecule has 2 aliphatic rings. The standard InChI is InChI=1S/C24H29N5O4/c1-5-29-15(2)25-18-13-16(7-8-19(18)29)20(30)28-11-6-9-24(10-12-28)14-17-21(31)26(3)23(32)27(4)22(17)33-24/h7-8,13H,5-6,9-12,14H2,1-4H3/t24-/m0/s1. The van der Waals surface area contributed by atoms with Gasteiger partial charge in [0.25, 0.3) is 11.5 Å². The van der Waals surface area contributed by atoms with Gasteiger partial charge in [-0.1, -0.05) is 0 Å². The molecule has 1 amide bonds. The van der Waals surface area contributed by atoms with Gasteiger partial charge in [-0.3, -0.25) is 18.7 Å². The number of carbonyl (C=O) groups excluding carboxylic acids is 1. The Labute approximate surface area is 191 Å². The van der Waals surface area contributed by atoms with Crippen molar-refractivity contribution in [3.05, 3.63) is 56.0 Å². The summed E-state index contributed by atoms with van der Waals surface area (Å²) >= 11 is 0. The first kappa shape index (κ1) is 21.5. The fourth-order valence-corrected chi connectivity index (χ4v) is 5.35. The lowest BCUT2D eigenvalue weighted by Crippen LogP contribution is -2.38. The molecular weight excluding hydrogens is 422 g/mol. The molecule has 0 saturated carbocycles. The van der Waals surface area contributed by atoms with Crippen molar-refractivity contribution >= 4 is 16.9 Å². The highest BCUT2D eigenvalue weighted by atomic mass is 16.5. The number of amides is 1. The molecule has 0 N–H and O–H groups in total. The van der Waals surface area contributed by atoms with E-state index in [0.29, 0.717) is 42.9 Å². The first-order valence-corrected chi connectivity index (χ1v) is 11.5. The maximum Gasteiger partial charge on any atom is 0.333 e. The number of rotatable bonds is 2. The molecule has 2 aromatic heterocycles. The maximum absolute atomic E-state index is 13.3. The summed E-state index contributed by atoms with van der Waals surface area (Å²) < 4.78 is 11.0. The van der Waals surface area contributed by atoms with Gasteiger partial charge in [-0.05, 0) is 44.9 Å². The molecule has 33 heavy (non-hydrogen) atoms. The third-order valence-electron chi connectivity index (χ3n) is 7.20. The normalized spacial score (nSPS) is 20.2. The molecule has 5 rings (SSSR count). The average Bonchev–Trinajstić information content (AvgIpc) is 3.26. The van der Waals surface area contributed by atoms with Crippen LogP contribution in [0.3, 0.4) is 0 Å². The van der Waals surface area contributed by atoms with Crippen LogP contribution in [0.2, 0.25) is 0 Å². The number of aryl methyl sites for hydroxylation is 2. The highest BCUT2D eigenvalue weighted by Gasteiger charge is 2.44. The van der Waals surface area contributed by atoms with Gasteiger partial charge < -0.3 is 14.2 Å². The number of hydrogen-bond donors (Lipinski definition) is 0. The first-order valence-electron chi connectivity index (χ1n) is 11.5. The number of benzene rings is 1. The van der Waals surface area contributed by atoms with E-state index < -0.39 is 11.3 Å². The smallest absolute Gasteiger partial charge is 0.333 e. The Hall–Kier alpha value is -3.36. The average molecular weight is 452 g/mol. The molecule has 9 heteroatoms. The van der Waals surface area contributed by atoms with Gasteiger partial charge in [0.05, 0.1) is 16.6 Å². The molecule has 0 unspecified atom stereocenters. The maximum atomic E-state index is 13.3. The monoisotopic (exact) mass is 451 g/mol. The van der Waals surface area contributed by atoms with Gasteiger partial charge in [0.15, 0.2) is 0 Å². The predicted molar refractivity (Wildman–Crippen MR) is 124 cm³/mol. The van der Waals surface area contributed by atoms with Gasteiger partial charge in [-0.15, -0.1) is 0 Å². The third kappa shape index (κ3) is 3.29. The molecule has 1 spiro atoms. The zero-order valence-corrected chi connectivity index (χ0v) is 19.6. The second-order valence-electron chi connectivity index (χ2n) is 9.20. The number of fused-ring (bicyclic) bond motifs is 2. The van der Waals surface area contributed by atoms with E-state index in [1.54, 1.807) is 7.05 Å². The first-order chi connectivity index (χ1) is 15.7. The van der Waals surface area contributed by atoms with E-state index in [1.165, 1.54) is 11.6 Å². The molecule has 1 aromatic carbocycles. The van der Waals surface area contributed by atoms with Gasteiger partial charge in [0.1, 0.15) is 11.4 Å². The molecule has 3 aromatic rings. The van der Waals surface area contributed by atoms with E-state index in [0.717, 1.165) is 40.8 Å². The topological polar surface area (TPSA) is 91.4 Å². The van der Waals surface area contributed by atoms with E-state index in [9.17, 15) is 14.4 Å². The third-order valence-corrected chi connectivity index (χ3v) is 7.20. The molecule has 9 nitrogen and oxygen atoms in total. The minimum absolute atomic E-state index is 0.0172. The van der Waals surface area contributed by atoms with Crippen molar-refractivity contribution in [2.75, 3.05) is 13.1 Å². The predicted octanol–water partition coefficient (Wildman–Crippen LogP) is 1.76. The second kappa shape index (κ2) is 7.60. The summed E-state index contributed by atoms with van der Waals surface area (Å²) in [4.78, 5) is 44.8. The van der Waals surface area contributed by atoms with Crippen LogP contribution in [0.5, 0.6) is 5.88 Å². The number of ether oxygens (including phenoxy) is 1. The van der Waals surface area contributed by atoms with Crippen LogP contribution in [-0.4, -0.2) is 48.2 Å². The van der Waals surface area contributed by atoms with Crippen LogP contribution in [0.15, 0.2) is 27.8 Å². The fourth-order valence-electron chi connectivity index (χ4n) is 5.35. The molecule has 4 heterocycles. The highest BCUT2D eigenvalue weighted by Crippen LogP contribution is 2.39. The van der Waals surface area contributed by atoms with Crippen molar-refractivity contribution in [3.8, 4) is 5.88 Å². The Bertz CT molecular complexity index is 1400. The number of carbonyl (C=O) groups is 1. The van der Waals surface area contributed by atoms with Crippen LogP contribution in [0.4, 0.5) is 0 Å². The quantitative estimate of drug-likeness (QED) is 0.592. The van der Waals surface area contributed by atoms with Crippen molar-refractivity contribution in [1.29, 1.82) is 0 Å².